The molecular formula is C17H13BrO4. The van der Waals surface area contributed by atoms with E-state index in [4.69, 9.17) is 0 Å². The van der Waals surface area contributed by atoms with Crippen LogP contribution in [0.1, 0.15) is 28.7 Å². The Bertz CT molecular complexity index is 818. The summed E-state index contributed by atoms with van der Waals surface area (Å²) in [4.78, 5) is 11.7. The van der Waals surface area contributed by atoms with Gasteiger partial charge in [0, 0.05) is 10.9 Å². The highest BCUT2D eigenvalue weighted by atomic mass is 79.9. The van der Waals surface area contributed by atoms with Crippen molar-refractivity contribution in [2.24, 2.45) is 5.92 Å². The molecule has 0 heterocycles. The van der Waals surface area contributed by atoms with Crippen LogP contribution in [0, 0.1) is 5.92 Å². The molecule has 112 valence electrons. The molecule has 0 aromatic heterocycles. The molecule has 2 bridgehead atoms. The molecule has 3 N–H and O–H groups in total. The smallest absolute Gasteiger partial charge is 0.310 e. The van der Waals surface area contributed by atoms with Gasteiger partial charge in [-0.05, 0) is 34.4 Å². The third-order valence-corrected chi connectivity index (χ3v) is 5.42. The zero-order valence-corrected chi connectivity index (χ0v) is 13.0. The second-order valence-electron chi connectivity index (χ2n) is 5.96. The van der Waals surface area contributed by atoms with Crippen LogP contribution in [0.4, 0.5) is 0 Å². The Kier molecular flexibility index (Phi) is 2.65. The lowest BCUT2D eigenvalue weighted by molar-refractivity contribution is -0.160. The Morgan fingerprint density at radius 1 is 1.05 bits per heavy atom. The van der Waals surface area contributed by atoms with Gasteiger partial charge < -0.3 is 15.3 Å². The van der Waals surface area contributed by atoms with Gasteiger partial charge in [-0.15, -0.1) is 0 Å². The summed E-state index contributed by atoms with van der Waals surface area (Å²) >= 11 is 3.38. The summed E-state index contributed by atoms with van der Waals surface area (Å²) in [5.41, 5.74) is -0.922. The molecule has 3 atom stereocenters. The Morgan fingerprint density at radius 2 is 1.68 bits per heavy atom. The van der Waals surface area contributed by atoms with Crippen LogP contribution < -0.4 is 0 Å². The molecule has 0 radical (unpaired) electrons. The van der Waals surface area contributed by atoms with Crippen molar-refractivity contribution in [2.75, 3.05) is 0 Å². The van der Waals surface area contributed by atoms with E-state index < -0.39 is 23.1 Å². The Balaban J connectivity index is 2.14. The first-order chi connectivity index (χ1) is 10.4. The van der Waals surface area contributed by atoms with Crippen LogP contribution in [0.25, 0.3) is 0 Å². The number of carboxylic acid groups (broad SMARTS) is 1. The summed E-state index contributed by atoms with van der Waals surface area (Å²) in [5.74, 6) is -2.19. The predicted molar refractivity (Wildman–Crippen MR) is 82.3 cm³/mol. The van der Waals surface area contributed by atoms with Crippen LogP contribution in [0.2, 0.25) is 0 Å². The van der Waals surface area contributed by atoms with E-state index in [1.54, 1.807) is 42.5 Å². The quantitative estimate of drug-likeness (QED) is 0.729. The molecule has 0 amide bonds. The van der Waals surface area contributed by atoms with E-state index in [0.29, 0.717) is 22.3 Å². The SMILES string of the molecule is O=C(O)C1CC2(O)c3ccccc3C1(O)c1ccc(Br)cc12. The van der Waals surface area contributed by atoms with E-state index in [-0.39, 0.29) is 6.42 Å². The highest BCUT2D eigenvalue weighted by molar-refractivity contribution is 9.10. The monoisotopic (exact) mass is 360 g/mol. The fourth-order valence-corrected chi connectivity index (χ4v) is 4.32. The third-order valence-electron chi connectivity index (χ3n) is 4.92. The molecule has 2 aromatic rings. The number of hydrogen-bond donors (Lipinski definition) is 3. The van der Waals surface area contributed by atoms with Crippen LogP contribution in [0.15, 0.2) is 46.9 Å². The zero-order valence-electron chi connectivity index (χ0n) is 11.5. The van der Waals surface area contributed by atoms with Gasteiger partial charge in [0.2, 0.25) is 0 Å². The molecule has 5 rings (SSSR count). The van der Waals surface area contributed by atoms with Crippen molar-refractivity contribution >= 4 is 21.9 Å². The van der Waals surface area contributed by atoms with E-state index >= 15 is 0 Å². The van der Waals surface area contributed by atoms with Crippen molar-refractivity contribution in [1.29, 1.82) is 0 Å². The lowest BCUT2D eigenvalue weighted by Gasteiger charge is -2.53. The molecule has 0 aliphatic heterocycles. The van der Waals surface area contributed by atoms with Gasteiger partial charge in [-0.2, -0.15) is 0 Å². The summed E-state index contributed by atoms with van der Waals surface area (Å²) in [6, 6.07) is 12.2. The normalized spacial score (nSPS) is 31.5. The van der Waals surface area contributed by atoms with E-state index in [9.17, 15) is 20.1 Å². The number of halogens is 1. The van der Waals surface area contributed by atoms with Crippen molar-refractivity contribution in [3.63, 3.8) is 0 Å². The molecule has 3 aliphatic rings. The fourth-order valence-electron chi connectivity index (χ4n) is 3.96. The summed E-state index contributed by atoms with van der Waals surface area (Å²) in [5, 5.41) is 32.2. The molecule has 3 unspecified atom stereocenters. The largest absolute Gasteiger partial charge is 0.481 e. The zero-order chi connectivity index (χ0) is 15.7. The van der Waals surface area contributed by atoms with Gasteiger partial charge in [0.1, 0.15) is 11.2 Å². The average molecular weight is 361 g/mol. The second-order valence-corrected chi connectivity index (χ2v) is 6.87. The number of fused-ring (bicyclic) bond motifs is 1. The third kappa shape index (κ3) is 1.46. The standard InChI is InChI=1S/C17H13BrO4/c18-9-5-6-12-13(7-9)16(21)8-14(15(19)20)17(12,22)11-4-2-1-3-10(11)16/h1-7,14,21-22H,8H2,(H,19,20). The van der Waals surface area contributed by atoms with Crippen LogP contribution in [0.3, 0.4) is 0 Å². The molecule has 4 nitrogen and oxygen atoms in total. The van der Waals surface area contributed by atoms with Crippen LogP contribution in [-0.4, -0.2) is 21.3 Å². The first-order valence-electron chi connectivity index (χ1n) is 6.97. The molecule has 2 aromatic carbocycles. The summed E-state index contributed by atoms with van der Waals surface area (Å²) < 4.78 is 0.778. The number of hydrogen-bond acceptors (Lipinski definition) is 3. The average Bonchev–Trinajstić information content (AvgIpc) is 2.50. The van der Waals surface area contributed by atoms with Gasteiger partial charge in [-0.1, -0.05) is 46.3 Å². The molecule has 22 heavy (non-hydrogen) atoms. The second kappa shape index (κ2) is 4.19. The van der Waals surface area contributed by atoms with Crippen molar-refractivity contribution in [3.8, 4) is 0 Å². The maximum Gasteiger partial charge on any atom is 0.310 e. The maximum atomic E-state index is 11.7. The van der Waals surface area contributed by atoms with Crippen molar-refractivity contribution in [3.05, 3.63) is 69.2 Å². The van der Waals surface area contributed by atoms with Gasteiger partial charge in [-0.3, -0.25) is 4.79 Å². The number of aliphatic hydroxyl groups is 2. The number of carbonyl (C=O) groups is 1. The summed E-state index contributed by atoms with van der Waals surface area (Å²) in [6.07, 6.45) is -0.0424. The number of benzene rings is 2. The van der Waals surface area contributed by atoms with Gasteiger partial charge in [0.05, 0.1) is 5.92 Å². The van der Waals surface area contributed by atoms with Crippen LogP contribution in [-0.2, 0) is 16.0 Å². The minimum atomic E-state index is -1.62. The van der Waals surface area contributed by atoms with Gasteiger partial charge in [0.15, 0.2) is 0 Å². The minimum absolute atomic E-state index is 0.0424. The Morgan fingerprint density at radius 3 is 2.36 bits per heavy atom. The topological polar surface area (TPSA) is 77.8 Å². The van der Waals surface area contributed by atoms with E-state index in [1.165, 1.54) is 0 Å². The lowest BCUT2D eigenvalue weighted by atomic mass is 9.54. The van der Waals surface area contributed by atoms with Gasteiger partial charge in [-0.25, -0.2) is 0 Å². The Hall–Kier alpha value is -1.69. The predicted octanol–water partition coefficient (Wildman–Crippen LogP) is 2.34. The van der Waals surface area contributed by atoms with E-state index in [1.807, 2.05) is 0 Å². The fraction of sp³-hybridized carbons (Fsp3) is 0.235. The Labute approximate surface area is 135 Å². The maximum absolute atomic E-state index is 11.7. The van der Waals surface area contributed by atoms with Crippen molar-refractivity contribution in [1.82, 2.24) is 0 Å². The molecule has 0 saturated heterocycles. The highest BCUT2D eigenvalue weighted by Gasteiger charge is 2.61. The first-order valence-corrected chi connectivity index (χ1v) is 7.76. The van der Waals surface area contributed by atoms with Crippen molar-refractivity contribution in [2.45, 2.75) is 17.6 Å². The molecule has 0 saturated carbocycles. The molecule has 0 spiro atoms. The van der Waals surface area contributed by atoms with E-state index in [0.717, 1.165) is 4.47 Å². The summed E-state index contributed by atoms with van der Waals surface area (Å²) in [6.45, 7) is 0. The number of rotatable bonds is 1. The van der Waals surface area contributed by atoms with Crippen LogP contribution in [0.5, 0.6) is 0 Å². The molecule has 5 heteroatoms. The molecule has 3 aliphatic carbocycles. The summed E-state index contributed by atoms with van der Waals surface area (Å²) in [7, 11) is 0. The number of carboxylic acids is 1. The molecule has 0 fully saturated rings. The molecular weight excluding hydrogens is 348 g/mol. The van der Waals surface area contributed by atoms with Crippen molar-refractivity contribution < 1.29 is 20.1 Å². The minimum Gasteiger partial charge on any atom is -0.481 e. The van der Waals surface area contributed by atoms with E-state index in [2.05, 4.69) is 15.9 Å². The number of aliphatic carboxylic acids is 1. The van der Waals surface area contributed by atoms with Gasteiger partial charge in [0.25, 0.3) is 0 Å². The van der Waals surface area contributed by atoms with Gasteiger partial charge >= 0.3 is 5.97 Å². The lowest BCUT2D eigenvalue weighted by Crippen LogP contribution is -2.56. The highest BCUT2D eigenvalue weighted by Crippen LogP contribution is 2.59. The first kappa shape index (κ1) is 13.9. The van der Waals surface area contributed by atoms with Crippen LogP contribution >= 0.6 is 15.9 Å².